The van der Waals surface area contributed by atoms with Crippen LogP contribution in [0.25, 0.3) is 0 Å². The average Bonchev–Trinajstić information content (AvgIpc) is 2.93. The summed E-state index contributed by atoms with van der Waals surface area (Å²) in [7, 11) is 1.62. The molecule has 0 saturated heterocycles. The molecule has 0 fully saturated rings. The van der Waals surface area contributed by atoms with Gasteiger partial charge in [-0.05, 0) is 47.9 Å². The number of rotatable bonds is 3. The summed E-state index contributed by atoms with van der Waals surface area (Å²) in [5.41, 5.74) is 4.63. The first-order valence-electron chi connectivity index (χ1n) is 6.58. The number of fused-ring (bicyclic) bond motifs is 1. The zero-order chi connectivity index (χ0) is 14.1. The Morgan fingerprint density at radius 2 is 1.90 bits per heavy atom. The van der Waals surface area contributed by atoms with Crippen LogP contribution in [-0.2, 0) is 18.0 Å². The van der Waals surface area contributed by atoms with Gasteiger partial charge in [-0.15, -0.1) is 0 Å². The number of hydrogen-bond donors (Lipinski definition) is 0. The number of aryl methyl sites for hydroxylation is 1. The topological polar surface area (TPSA) is 35.5 Å². The molecule has 0 unspecified atom stereocenters. The van der Waals surface area contributed by atoms with Crippen molar-refractivity contribution < 1.29 is 14.3 Å². The molecule has 0 amide bonds. The second kappa shape index (κ2) is 5.10. The minimum Gasteiger partial charge on any atom is -0.497 e. The number of ether oxygens (including phenoxy) is 2. The van der Waals surface area contributed by atoms with Crippen LogP contribution < -0.4 is 4.74 Å². The van der Waals surface area contributed by atoms with Crippen molar-refractivity contribution in [1.29, 1.82) is 0 Å². The van der Waals surface area contributed by atoms with E-state index in [1.54, 1.807) is 7.11 Å². The summed E-state index contributed by atoms with van der Waals surface area (Å²) in [5.74, 6) is 0.807. The monoisotopic (exact) mass is 268 g/mol. The van der Waals surface area contributed by atoms with Crippen molar-refractivity contribution in [3.8, 4) is 5.75 Å². The van der Waals surface area contributed by atoms with Crippen molar-refractivity contribution >= 4 is 5.78 Å². The highest BCUT2D eigenvalue weighted by Gasteiger charge is 2.16. The summed E-state index contributed by atoms with van der Waals surface area (Å²) in [5, 5.41) is 0. The molecule has 0 bridgehead atoms. The Morgan fingerprint density at radius 1 is 1.10 bits per heavy atom. The van der Waals surface area contributed by atoms with Gasteiger partial charge in [-0.3, -0.25) is 4.79 Å². The van der Waals surface area contributed by atoms with Crippen molar-refractivity contribution in [2.75, 3.05) is 7.11 Å². The molecule has 0 saturated carbocycles. The van der Waals surface area contributed by atoms with Crippen molar-refractivity contribution in [2.24, 2.45) is 0 Å². The summed E-state index contributed by atoms with van der Waals surface area (Å²) in [6, 6.07) is 11.3. The third-order valence-corrected chi connectivity index (χ3v) is 3.66. The molecule has 3 rings (SSSR count). The molecular weight excluding hydrogens is 252 g/mol. The van der Waals surface area contributed by atoms with Crippen LogP contribution in [0.15, 0.2) is 36.4 Å². The maximum Gasteiger partial charge on any atom is 0.193 e. The molecule has 1 heterocycles. The molecule has 1 aliphatic rings. The summed E-state index contributed by atoms with van der Waals surface area (Å²) in [4.78, 5) is 12.6. The van der Waals surface area contributed by atoms with Gasteiger partial charge in [0.25, 0.3) is 0 Å². The largest absolute Gasteiger partial charge is 0.497 e. The second-order valence-electron chi connectivity index (χ2n) is 4.99. The lowest BCUT2D eigenvalue weighted by atomic mass is 9.96. The Morgan fingerprint density at radius 3 is 2.65 bits per heavy atom. The summed E-state index contributed by atoms with van der Waals surface area (Å²) >= 11 is 0. The maximum absolute atomic E-state index is 12.6. The molecule has 0 aliphatic carbocycles. The Hall–Kier alpha value is -2.13. The van der Waals surface area contributed by atoms with Crippen LogP contribution >= 0.6 is 0 Å². The number of benzene rings is 2. The second-order valence-corrected chi connectivity index (χ2v) is 4.99. The van der Waals surface area contributed by atoms with Gasteiger partial charge in [-0.1, -0.05) is 12.1 Å². The number of hydrogen-bond acceptors (Lipinski definition) is 3. The highest BCUT2D eigenvalue weighted by molar-refractivity contribution is 6.10. The standard InChI is InChI=1S/C17H16O3/c1-11-7-15(19-2)5-6-16(11)17(18)12-3-4-13-9-20-10-14(13)8-12/h3-8H,9-10H2,1-2H3. The molecule has 0 radical (unpaired) electrons. The normalized spacial score (nSPS) is 13.1. The van der Waals surface area contributed by atoms with Gasteiger partial charge in [0, 0.05) is 11.1 Å². The van der Waals surface area contributed by atoms with Crippen LogP contribution in [0.5, 0.6) is 5.75 Å². The van der Waals surface area contributed by atoms with Gasteiger partial charge < -0.3 is 9.47 Å². The molecule has 0 atom stereocenters. The van der Waals surface area contributed by atoms with E-state index >= 15 is 0 Å². The van der Waals surface area contributed by atoms with Crippen molar-refractivity contribution in [1.82, 2.24) is 0 Å². The van der Waals surface area contributed by atoms with Gasteiger partial charge >= 0.3 is 0 Å². The molecule has 0 spiro atoms. The van der Waals surface area contributed by atoms with Gasteiger partial charge in [0.1, 0.15) is 5.75 Å². The average molecular weight is 268 g/mol. The van der Waals surface area contributed by atoms with E-state index in [2.05, 4.69) is 0 Å². The molecule has 2 aromatic carbocycles. The lowest BCUT2D eigenvalue weighted by Gasteiger charge is -2.08. The third kappa shape index (κ3) is 2.21. The van der Waals surface area contributed by atoms with Gasteiger partial charge in [-0.2, -0.15) is 0 Å². The van der Waals surface area contributed by atoms with Gasteiger partial charge in [-0.25, -0.2) is 0 Å². The zero-order valence-electron chi connectivity index (χ0n) is 11.6. The number of carbonyl (C=O) groups excluding carboxylic acids is 1. The Bertz CT molecular complexity index is 674. The molecular formula is C17H16O3. The first kappa shape index (κ1) is 12.9. The Balaban J connectivity index is 1.96. The predicted molar refractivity (Wildman–Crippen MR) is 76.1 cm³/mol. The molecule has 2 aromatic rings. The van der Waals surface area contributed by atoms with Crippen molar-refractivity contribution in [3.63, 3.8) is 0 Å². The minimum absolute atomic E-state index is 0.0415. The SMILES string of the molecule is COc1ccc(C(=O)c2ccc3c(c2)COC3)c(C)c1. The van der Waals surface area contributed by atoms with Gasteiger partial charge in [0.2, 0.25) is 0 Å². The molecule has 3 heteroatoms. The molecule has 102 valence electrons. The molecule has 0 aromatic heterocycles. The van der Waals surface area contributed by atoms with Crippen LogP contribution in [0.4, 0.5) is 0 Å². The lowest BCUT2D eigenvalue weighted by Crippen LogP contribution is -2.04. The third-order valence-electron chi connectivity index (χ3n) is 3.66. The van der Waals surface area contributed by atoms with E-state index in [-0.39, 0.29) is 5.78 Å². The van der Waals surface area contributed by atoms with Crippen LogP contribution in [-0.4, -0.2) is 12.9 Å². The van der Waals surface area contributed by atoms with E-state index in [4.69, 9.17) is 9.47 Å². The van der Waals surface area contributed by atoms with E-state index in [1.807, 2.05) is 43.3 Å². The first-order chi connectivity index (χ1) is 9.69. The molecule has 1 aliphatic heterocycles. The fraction of sp³-hybridized carbons (Fsp3) is 0.235. The van der Waals surface area contributed by atoms with E-state index < -0.39 is 0 Å². The molecule has 0 N–H and O–H groups in total. The Labute approximate surface area is 118 Å². The minimum atomic E-state index is 0.0415. The summed E-state index contributed by atoms with van der Waals surface area (Å²) in [6.45, 7) is 3.16. The maximum atomic E-state index is 12.6. The quantitative estimate of drug-likeness (QED) is 0.801. The summed E-state index contributed by atoms with van der Waals surface area (Å²) in [6.07, 6.45) is 0. The fourth-order valence-corrected chi connectivity index (χ4v) is 2.49. The first-order valence-corrected chi connectivity index (χ1v) is 6.58. The van der Waals surface area contributed by atoms with Crippen molar-refractivity contribution in [2.45, 2.75) is 20.1 Å². The molecule has 20 heavy (non-hydrogen) atoms. The van der Waals surface area contributed by atoms with Crippen LogP contribution in [0.2, 0.25) is 0 Å². The van der Waals surface area contributed by atoms with Crippen LogP contribution in [0, 0.1) is 6.92 Å². The Kier molecular flexibility index (Phi) is 3.28. The van der Waals surface area contributed by atoms with Gasteiger partial charge in [0.15, 0.2) is 5.78 Å². The van der Waals surface area contributed by atoms with E-state index in [0.717, 1.165) is 16.9 Å². The van der Waals surface area contributed by atoms with Gasteiger partial charge in [0.05, 0.1) is 20.3 Å². The smallest absolute Gasteiger partial charge is 0.193 e. The zero-order valence-corrected chi connectivity index (χ0v) is 11.6. The molecule has 3 nitrogen and oxygen atoms in total. The number of methoxy groups -OCH3 is 1. The van der Waals surface area contributed by atoms with E-state index in [9.17, 15) is 4.79 Å². The predicted octanol–water partition coefficient (Wildman–Crippen LogP) is 3.26. The number of ketones is 1. The summed E-state index contributed by atoms with van der Waals surface area (Å²) < 4.78 is 10.5. The fourth-order valence-electron chi connectivity index (χ4n) is 2.49. The van der Waals surface area contributed by atoms with E-state index in [0.29, 0.717) is 24.3 Å². The highest BCUT2D eigenvalue weighted by atomic mass is 16.5. The van der Waals surface area contributed by atoms with Crippen LogP contribution in [0.1, 0.15) is 32.6 Å². The van der Waals surface area contributed by atoms with E-state index in [1.165, 1.54) is 5.56 Å². The van der Waals surface area contributed by atoms with Crippen molar-refractivity contribution in [3.05, 3.63) is 64.2 Å². The number of carbonyl (C=O) groups is 1. The lowest BCUT2D eigenvalue weighted by molar-refractivity contribution is 0.103. The highest BCUT2D eigenvalue weighted by Crippen LogP contribution is 2.24. The van der Waals surface area contributed by atoms with Crippen LogP contribution in [0.3, 0.4) is 0 Å².